The molecular weight excluding hydrogens is 416 g/mol. The Bertz CT molecular complexity index is 1340. The summed E-state index contributed by atoms with van der Waals surface area (Å²) in [5, 5.41) is 4.85. The van der Waals surface area contributed by atoms with Crippen LogP contribution in [0.3, 0.4) is 0 Å². The molecule has 0 aliphatic carbocycles. The van der Waals surface area contributed by atoms with Crippen molar-refractivity contribution in [3.05, 3.63) is 75.8 Å². The number of benzene rings is 2. The smallest absolute Gasteiger partial charge is 0.267 e. The number of anilines is 1. The summed E-state index contributed by atoms with van der Waals surface area (Å²) >= 11 is 5.97. The maximum Gasteiger partial charge on any atom is 0.267 e. The van der Waals surface area contributed by atoms with Crippen molar-refractivity contribution in [3.8, 4) is 11.3 Å². The molecule has 0 fully saturated rings. The summed E-state index contributed by atoms with van der Waals surface area (Å²) in [5.74, 6) is -0.153. The van der Waals surface area contributed by atoms with Gasteiger partial charge < -0.3 is 9.42 Å². The zero-order chi connectivity index (χ0) is 21.5. The average Bonchev–Trinajstić information content (AvgIpc) is 3.23. The number of carbonyl (C=O) groups excluding carboxylic acids is 1. The normalized spacial score (nSPS) is 14.5. The van der Waals surface area contributed by atoms with Gasteiger partial charge in [-0.1, -0.05) is 47.1 Å². The molecule has 0 bridgehead atoms. The molecule has 7 nitrogen and oxygen atoms in total. The Hall–Kier alpha value is -3.45. The minimum Gasteiger partial charge on any atom is -0.335 e. The topological polar surface area (TPSA) is 81.2 Å². The molecule has 31 heavy (non-hydrogen) atoms. The number of hydrogen-bond donors (Lipinski definition) is 0. The molecule has 1 atom stereocenters. The first-order valence-corrected chi connectivity index (χ1v) is 10.4. The van der Waals surface area contributed by atoms with Crippen LogP contribution in [0.4, 0.5) is 5.69 Å². The van der Waals surface area contributed by atoms with Gasteiger partial charge >= 0.3 is 0 Å². The highest BCUT2D eigenvalue weighted by atomic mass is 35.5. The Labute approximate surface area is 182 Å². The van der Waals surface area contributed by atoms with E-state index in [1.54, 1.807) is 36.1 Å². The van der Waals surface area contributed by atoms with Crippen LogP contribution in [0.5, 0.6) is 0 Å². The number of nitrogens with zero attached hydrogens (tertiary/aromatic N) is 4. The lowest BCUT2D eigenvalue weighted by Crippen LogP contribution is -2.42. The SMILES string of the molecule is C[C@@H](C(=O)N1CCCc2ccccc21)n1cnc2onc(-c3ccc(Cl)cc3)c2c1=O. The second kappa shape index (κ2) is 7.67. The van der Waals surface area contributed by atoms with Crippen molar-refractivity contribution in [1.82, 2.24) is 14.7 Å². The molecule has 0 spiro atoms. The van der Waals surface area contributed by atoms with Gasteiger partial charge in [0.15, 0.2) is 0 Å². The Morgan fingerprint density at radius 1 is 1.16 bits per heavy atom. The van der Waals surface area contributed by atoms with Crippen LogP contribution >= 0.6 is 11.6 Å². The number of para-hydroxylation sites is 1. The molecule has 156 valence electrons. The molecule has 4 aromatic rings. The van der Waals surface area contributed by atoms with Crippen molar-refractivity contribution in [3.63, 3.8) is 0 Å². The van der Waals surface area contributed by atoms with Gasteiger partial charge in [-0.2, -0.15) is 0 Å². The Morgan fingerprint density at radius 2 is 1.94 bits per heavy atom. The van der Waals surface area contributed by atoms with Gasteiger partial charge in [0, 0.05) is 22.8 Å². The molecule has 0 unspecified atom stereocenters. The minimum atomic E-state index is -0.733. The molecule has 0 saturated heterocycles. The number of aromatic nitrogens is 3. The van der Waals surface area contributed by atoms with E-state index in [4.69, 9.17) is 16.1 Å². The van der Waals surface area contributed by atoms with Gasteiger partial charge in [-0.3, -0.25) is 14.2 Å². The van der Waals surface area contributed by atoms with Crippen molar-refractivity contribution in [1.29, 1.82) is 0 Å². The van der Waals surface area contributed by atoms with E-state index in [0.29, 0.717) is 22.8 Å². The summed E-state index contributed by atoms with van der Waals surface area (Å²) in [5.41, 5.74) is 2.86. The lowest BCUT2D eigenvalue weighted by atomic mass is 10.0. The number of halogens is 1. The largest absolute Gasteiger partial charge is 0.335 e. The summed E-state index contributed by atoms with van der Waals surface area (Å²) in [6, 6.07) is 14.1. The molecule has 0 radical (unpaired) electrons. The molecule has 0 N–H and O–H groups in total. The van der Waals surface area contributed by atoms with Crippen LogP contribution in [0.25, 0.3) is 22.4 Å². The van der Waals surface area contributed by atoms with Crippen LogP contribution in [-0.2, 0) is 11.2 Å². The molecule has 1 amide bonds. The molecule has 5 rings (SSSR count). The number of amides is 1. The van der Waals surface area contributed by atoms with Gasteiger partial charge in [0.25, 0.3) is 11.3 Å². The minimum absolute atomic E-state index is 0.133. The van der Waals surface area contributed by atoms with Crippen LogP contribution in [0.2, 0.25) is 5.02 Å². The molecule has 2 aromatic heterocycles. The number of carbonyl (C=O) groups is 1. The summed E-state index contributed by atoms with van der Waals surface area (Å²) in [7, 11) is 0. The van der Waals surface area contributed by atoms with E-state index in [2.05, 4.69) is 10.1 Å². The molecule has 0 saturated carbocycles. The number of fused-ring (bicyclic) bond motifs is 2. The van der Waals surface area contributed by atoms with Gasteiger partial charge in [-0.25, -0.2) is 4.98 Å². The van der Waals surface area contributed by atoms with Crippen LogP contribution in [0.15, 0.2) is 64.2 Å². The lowest BCUT2D eigenvalue weighted by molar-refractivity contribution is -0.121. The quantitative estimate of drug-likeness (QED) is 0.481. The van der Waals surface area contributed by atoms with Gasteiger partial charge in [-0.15, -0.1) is 0 Å². The summed E-state index contributed by atoms with van der Waals surface area (Å²) in [6.07, 6.45) is 3.17. The molecule has 1 aliphatic heterocycles. The number of aryl methyl sites for hydroxylation is 1. The third kappa shape index (κ3) is 3.31. The van der Waals surface area contributed by atoms with Crippen LogP contribution in [0, 0.1) is 0 Å². The van der Waals surface area contributed by atoms with Crippen molar-refractivity contribution in [2.24, 2.45) is 0 Å². The van der Waals surface area contributed by atoms with E-state index in [-0.39, 0.29) is 22.6 Å². The zero-order valence-corrected chi connectivity index (χ0v) is 17.5. The fourth-order valence-electron chi connectivity index (χ4n) is 4.05. The second-order valence-corrected chi connectivity index (χ2v) is 8.01. The van der Waals surface area contributed by atoms with E-state index in [9.17, 15) is 9.59 Å². The predicted molar refractivity (Wildman–Crippen MR) is 118 cm³/mol. The third-order valence-electron chi connectivity index (χ3n) is 5.69. The molecule has 2 aromatic carbocycles. The van der Waals surface area contributed by atoms with Gasteiger partial charge in [0.2, 0.25) is 5.91 Å². The highest BCUT2D eigenvalue weighted by Crippen LogP contribution is 2.29. The lowest BCUT2D eigenvalue weighted by Gasteiger charge is -2.31. The van der Waals surface area contributed by atoms with Gasteiger partial charge in [0.1, 0.15) is 23.4 Å². The highest BCUT2D eigenvalue weighted by molar-refractivity contribution is 6.30. The van der Waals surface area contributed by atoms with Crippen LogP contribution in [0.1, 0.15) is 24.9 Å². The molecular formula is C23H19ClN4O3. The summed E-state index contributed by atoms with van der Waals surface area (Å²) in [6.45, 7) is 2.33. The first kappa shape index (κ1) is 19.5. The van der Waals surface area contributed by atoms with Crippen molar-refractivity contribution in [2.45, 2.75) is 25.8 Å². The number of hydrogen-bond acceptors (Lipinski definition) is 5. The number of rotatable bonds is 3. The van der Waals surface area contributed by atoms with Gasteiger partial charge in [0.05, 0.1) is 0 Å². The van der Waals surface area contributed by atoms with Crippen LogP contribution in [-0.4, -0.2) is 27.2 Å². The van der Waals surface area contributed by atoms with Crippen molar-refractivity contribution >= 4 is 34.3 Å². The van der Waals surface area contributed by atoms with Crippen LogP contribution < -0.4 is 10.5 Å². The highest BCUT2D eigenvalue weighted by Gasteiger charge is 2.29. The summed E-state index contributed by atoms with van der Waals surface area (Å²) < 4.78 is 6.62. The predicted octanol–water partition coefficient (Wildman–Crippen LogP) is 4.25. The third-order valence-corrected chi connectivity index (χ3v) is 5.94. The van der Waals surface area contributed by atoms with E-state index in [1.807, 2.05) is 24.3 Å². The Kier molecular flexibility index (Phi) is 4.82. The maximum atomic E-state index is 13.4. The molecule has 8 heteroatoms. The van der Waals surface area contributed by atoms with E-state index < -0.39 is 6.04 Å². The van der Waals surface area contributed by atoms with E-state index in [0.717, 1.165) is 24.1 Å². The summed E-state index contributed by atoms with van der Waals surface area (Å²) in [4.78, 5) is 32.7. The maximum absolute atomic E-state index is 13.4. The fraction of sp³-hybridized carbons (Fsp3) is 0.217. The molecule has 3 heterocycles. The Balaban J connectivity index is 1.56. The van der Waals surface area contributed by atoms with Crippen molar-refractivity contribution in [2.75, 3.05) is 11.4 Å². The van der Waals surface area contributed by atoms with E-state index >= 15 is 0 Å². The second-order valence-electron chi connectivity index (χ2n) is 7.57. The molecule has 1 aliphatic rings. The van der Waals surface area contributed by atoms with Gasteiger partial charge in [-0.05, 0) is 43.5 Å². The average molecular weight is 435 g/mol. The first-order chi connectivity index (χ1) is 15.0. The van der Waals surface area contributed by atoms with Crippen molar-refractivity contribution < 1.29 is 9.32 Å². The standard InChI is InChI=1S/C23H19ClN4O3/c1-14(22(29)27-12-4-6-15-5-2-3-7-18(15)27)28-13-25-21-19(23(28)30)20(26-31-21)16-8-10-17(24)11-9-16/h2-3,5,7-11,13-14H,4,6,12H2,1H3/t14-/m0/s1. The fourth-order valence-corrected chi connectivity index (χ4v) is 4.17. The Morgan fingerprint density at radius 3 is 2.74 bits per heavy atom. The first-order valence-electron chi connectivity index (χ1n) is 10.1. The monoisotopic (exact) mass is 434 g/mol. The zero-order valence-electron chi connectivity index (χ0n) is 16.8. The van der Waals surface area contributed by atoms with E-state index in [1.165, 1.54) is 10.9 Å².